The average molecular weight is 306 g/mol. The van der Waals surface area contributed by atoms with Gasteiger partial charge in [-0.25, -0.2) is 8.42 Å². The second-order valence-electron chi connectivity index (χ2n) is 5.34. The number of nitrogens with zero attached hydrogens (tertiary/aromatic N) is 1. The Balaban J connectivity index is 1.99. The molecule has 0 spiro atoms. The van der Waals surface area contributed by atoms with Crippen LogP contribution in [0.5, 0.6) is 0 Å². The fourth-order valence-electron chi connectivity index (χ4n) is 2.67. The molecule has 5 nitrogen and oxygen atoms in total. The number of rotatable bonds is 3. The molecule has 7 heteroatoms. The standard InChI is InChI=1S/C12H22N2O3S2/c1-19(16,17)12-9-18-7-6-14(12)11(15)8-10-2-4-13-5-3-10/h10,12-13H,2-9H2,1H3. The molecule has 1 unspecified atom stereocenters. The molecule has 110 valence electrons. The van der Waals surface area contributed by atoms with Crippen LogP contribution in [0.1, 0.15) is 19.3 Å². The van der Waals surface area contributed by atoms with E-state index in [0.29, 0.717) is 24.6 Å². The van der Waals surface area contributed by atoms with Crippen LogP contribution in [0.15, 0.2) is 0 Å². The molecule has 2 heterocycles. The fraction of sp³-hybridized carbons (Fsp3) is 0.917. The predicted octanol–water partition coefficient (Wildman–Crippen LogP) is 0.322. The van der Waals surface area contributed by atoms with Gasteiger partial charge in [0.15, 0.2) is 9.84 Å². The zero-order valence-electron chi connectivity index (χ0n) is 11.3. The molecular weight excluding hydrogens is 284 g/mol. The maximum Gasteiger partial charge on any atom is 0.223 e. The largest absolute Gasteiger partial charge is 0.324 e. The lowest BCUT2D eigenvalue weighted by molar-refractivity contribution is -0.132. The van der Waals surface area contributed by atoms with E-state index in [-0.39, 0.29) is 5.91 Å². The van der Waals surface area contributed by atoms with Crippen molar-refractivity contribution in [3.05, 3.63) is 0 Å². The van der Waals surface area contributed by atoms with Crippen LogP contribution in [0.3, 0.4) is 0 Å². The number of thioether (sulfide) groups is 1. The van der Waals surface area contributed by atoms with Crippen LogP contribution >= 0.6 is 11.8 Å². The van der Waals surface area contributed by atoms with Crippen LogP contribution < -0.4 is 5.32 Å². The van der Waals surface area contributed by atoms with Crippen LogP contribution in [0.4, 0.5) is 0 Å². The van der Waals surface area contributed by atoms with Crippen LogP contribution in [-0.4, -0.2) is 62.0 Å². The van der Waals surface area contributed by atoms with E-state index in [1.807, 2.05) is 0 Å². The van der Waals surface area contributed by atoms with Gasteiger partial charge in [-0.1, -0.05) is 0 Å². The maximum absolute atomic E-state index is 12.4. The summed E-state index contributed by atoms with van der Waals surface area (Å²) in [6.45, 7) is 2.48. The first kappa shape index (κ1) is 15.1. The summed E-state index contributed by atoms with van der Waals surface area (Å²) in [5, 5.41) is 2.65. The number of nitrogens with one attached hydrogen (secondary N) is 1. The van der Waals surface area contributed by atoms with E-state index in [2.05, 4.69) is 5.32 Å². The van der Waals surface area contributed by atoms with Crippen molar-refractivity contribution >= 4 is 27.5 Å². The lowest BCUT2D eigenvalue weighted by atomic mass is 9.94. The number of hydrogen-bond acceptors (Lipinski definition) is 5. The Labute approximate surface area is 119 Å². The molecule has 0 aromatic heterocycles. The molecule has 1 amide bonds. The molecule has 0 radical (unpaired) electrons. The minimum Gasteiger partial charge on any atom is -0.324 e. The van der Waals surface area contributed by atoms with Crippen molar-refractivity contribution in [3.63, 3.8) is 0 Å². The highest BCUT2D eigenvalue weighted by Gasteiger charge is 2.34. The van der Waals surface area contributed by atoms with E-state index in [9.17, 15) is 13.2 Å². The van der Waals surface area contributed by atoms with Gasteiger partial charge >= 0.3 is 0 Å². The molecule has 2 fully saturated rings. The van der Waals surface area contributed by atoms with Gasteiger partial charge in [0.25, 0.3) is 0 Å². The molecule has 2 saturated heterocycles. The van der Waals surface area contributed by atoms with E-state index in [1.54, 1.807) is 16.7 Å². The number of carbonyl (C=O) groups excluding carboxylic acids is 1. The Morgan fingerprint density at radius 2 is 2.05 bits per heavy atom. The maximum atomic E-state index is 12.4. The lowest BCUT2D eigenvalue weighted by Gasteiger charge is -2.35. The summed E-state index contributed by atoms with van der Waals surface area (Å²) < 4.78 is 23.6. The summed E-state index contributed by atoms with van der Waals surface area (Å²) >= 11 is 1.61. The zero-order chi connectivity index (χ0) is 13.9. The number of hydrogen-bond donors (Lipinski definition) is 1. The van der Waals surface area contributed by atoms with E-state index in [4.69, 9.17) is 0 Å². The number of piperidine rings is 1. The monoisotopic (exact) mass is 306 g/mol. The Morgan fingerprint density at radius 1 is 1.37 bits per heavy atom. The Morgan fingerprint density at radius 3 is 2.68 bits per heavy atom. The summed E-state index contributed by atoms with van der Waals surface area (Å²) in [6.07, 6.45) is 3.75. The average Bonchev–Trinajstić information content (AvgIpc) is 2.39. The molecule has 19 heavy (non-hydrogen) atoms. The molecular formula is C12H22N2O3S2. The van der Waals surface area contributed by atoms with Gasteiger partial charge in [0, 0.05) is 30.7 Å². The Kier molecular flexibility index (Phi) is 5.14. The van der Waals surface area contributed by atoms with Gasteiger partial charge in [0.1, 0.15) is 5.37 Å². The first-order valence-electron chi connectivity index (χ1n) is 6.75. The van der Waals surface area contributed by atoms with Crippen LogP contribution in [0.2, 0.25) is 0 Å². The second kappa shape index (κ2) is 6.45. The molecule has 0 aromatic carbocycles. The van der Waals surface area contributed by atoms with E-state index in [0.717, 1.165) is 31.7 Å². The second-order valence-corrected chi connectivity index (χ2v) is 8.70. The molecule has 0 bridgehead atoms. The highest BCUT2D eigenvalue weighted by Crippen LogP contribution is 2.24. The minimum atomic E-state index is -3.19. The third-order valence-electron chi connectivity index (χ3n) is 3.82. The SMILES string of the molecule is CS(=O)(=O)C1CSCCN1C(=O)CC1CCNCC1. The Bertz CT molecular complexity index is 419. The zero-order valence-corrected chi connectivity index (χ0v) is 12.9. The molecule has 1 atom stereocenters. The predicted molar refractivity (Wildman–Crippen MR) is 77.9 cm³/mol. The molecule has 1 N–H and O–H groups in total. The van der Waals surface area contributed by atoms with Crippen molar-refractivity contribution in [1.82, 2.24) is 10.2 Å². The first-order chi connectivity index (χ1) is 8.98. The van der Waals surface area contributed by atoms with Gasteiger partial charge in [-0.3, -0.25) is 4.79 Å². The van der Waals surface area contributed by atoms with Crippen molar-refractivity contribution in [1.29, 1.82) is 0 Å². The van der Waals surface area contributed by atoms with Crippen molar-refractivity contribution in [2.45, 2.75) is 24.6 Å². The highest BCUT2D eigenvalue weighted by molar-refractivity contribution is 8.00. The minimum absolute atomic E-state index is 0.0163. The van der Waals surface area contributed by atoms with Crippen molar-refractivity contribution < 1.29 is 13.2 Å². The summed E-state index contributed by atoms with van der Waals surface area (Å²) in [4.78, 5) is 13.9. The number of carbonyl (C=O) groups is 1. The van der Waals surface area contributed by atoms with Crippen molar-refractivity contribution in [2.75, 3.05) is 37.4 Å². The quantitative estimate of drug-likeness (QED) is 0.813. The van der Waals surface area contributed by atoms with Crippen LogP contribution in [0, 0.1) is 5.92 Å². The van der Waals surface area contributed by atoms with Gasteiger partial charge in [-0.15, -0.1) is 0 Å². The third kappa shape index (κ3) is 4.10. The third-order valence-corrected chi connectivity index (χ3v) is 6.46. The fourth-order valence-corrected chi connectivity index (χ4v) is 5.51. The number of amides is 1. The molecule has 2 aliphatic heterocycles. The Hall–Kier alpha value is -0.270. The topological polar surface area (TPSA) is 66.5 Å². The van der Waals surface area contributed by atoms with Crippen molar-refractivity contribution in [3.8, 4) is 0 Å². The van der Waals surface area contributed by atoms with E-state index < -0.39 is 15.2 Å². The summed E-state index contributed by atoms with van der Waals surface area (Å²) in [5.74, 6) is 1.77. The van der Waals surface area contributed by atoms with Crippen LogP contribution in [-0.2, 0) is 14.6 Å². The van der Waals surface area contributed by atoms with Gasteiger partial charge in [-0.05, 0) is 31.8 Å². The van der Waals surface area contributed by atoms with E-state index in [1.165, 1.54) is 6.26 Å². The lowest BCUT2D eigenvalue weighted by Crippen LogP contribution is -2.50. The summed E-state index contributed by atoms with van der Waals surface area (Å²) in [5.41, 5.74) is 0. The summed E-state index contributed by atoms with van der Waals surface area (Å²) in [6, 6.07) is 0. The summed E-state index contributed by atoms with van der Waals surface area (Å²) in [7, 11) is -3.19. The van der Waals surface area contributed by atoms with Gasteiger partial charge in [-0.2, -0.15) is 11.8 Å². The molecule has 2 aliphatic rings. The van der Waals surface area contributed by atoms with Gasteiger partial charge < -0.3 is 10.2 Å². The number of sulfone groups is 1. The molecule has 0 saturated carbocycles. The molecule has 0 aliphatic carbocycles. The normalized spacial score (nSPS) is 26.4. The molecule has 2 rings (SSSR count). The van der Waals surface area contributed by atoms with Gasteiger partial charge in [0.05, 0.1) is 0 Å². The smallest absolute Gasteiger partial charge is 0.223 e. The van der Waals surface area contributed by atoms with Gasteiger partial charge in [0.2, 0.25) is 5.91 Å². The first-order valence-corrected chi connectivity index (χ1v) is 9.86. The van der Waals surface area contributed by atoms with E-state index >= 15 is 0 Å². The highest BCUT2D eigenvalue weighted by atomic mass is 32.2. The van der Waals surface area contributed by atoms with Crippen molar-refractivity contribution in [2.24, 2.45) is 5.92 Å². The van der Waals surface area contributed by atoms with Crippen LogP contribution in [0.25, 0.3) is 0 Å². The molecule has 0 aromatic rings.